The van der Waals surface area contributed by atoms with Crippen molar-refractivity contribution < 1.29 is 4.79 Å². The van der Waals surface area contributed by atoms with Crippen molar-refractivity contribution >= 4 is 23.1 Å². The van der Waals surface area contributed by atoms with Gasteiger partial charge in [0.15, 0.2) is 0 Å². The minimum atomic E-state index is -0.116. The van der Waals surface area contributed by atoms with Crippen LogP contribution >= 0.6 is 0 Å². The number of nitrogens with one attached hydrogen (secondary N) is 2. The molecule has 3 rings (SSSR count). The molecule has 1 amide bonds. The van der Waals surface area contributed by atoms with Crippen LogP contribution in [-0.2, 0) is 11.8 Å². The highest BCUT2D eigenvalue weighted by Gasteiger charge is 2.15. The molecule has 0 unspecified atom stereocenters. The minimum Gasteiger partial charge on any atom is -0.340 e. The van der Waals surface area contributed by atoms with Gasteiger partial charge in [-0.2, -0.15) is 0 Å². The van der Waals surface area contributed by atoms with E-state index >= 15 is 0 Å². The number of benzene rings is 2. The van der Waals surface area contributed by atoms with Gasteiger partial charge in [-0.25, -0.2) is 9.97 Å². The maximum Gasteiger partial charge on any atom is 0.255 e. The van der Waals surface area contributed by atoms with E-state index in [1.54, 1.807) is 0 Å². The van der Waals surface area contributed by atoms with Gasteiger partial charge in [0.05, 0.1) is 0 Å². The van der Waals surface area contributed by atoms with Crippen molar-refractivity contribution in [3.63, 3.8) is 0 Å². The molecular formula is C24H28N4O. The smallest absolute Gasteiger partial charge is 0.255 e. The monoisotopic (exact) mass is 388 g/mol. The number of hydrogen-bond acceptors (Lipinski definition) is 4. The lowest BCUT2D eigenvalue weighted by Crippen LogP contribution is -2.15. The number of aryl methyl sites for hydroxylation is 2. The van der Waals surface area contributed by atoms with Gasteiger partial charge in [-0.05, 0) is 54.2 Å². The Morgan fingerprint density at radius 2 is 1.72 bits per heavy atom. The van der Waals surface area contributed by atoms with Gasteiger partial charge in [0.1, 0.15) is 12.1 Å². The number of nitrogens with zero attached hydrogens (tertiary/aromatic N) is 2. The SMILES string of the molecule is CCc1ccc(Nc2cc(C)ncn2)cc1NC(=O)c1ccc(C(C)(C)C)cc1. The van der Waals surface area contributed by atoms with E-state index in [2.05, 4.69) is 48.3 Å². The molecule has 0 aliphatic heterocycles. The molecule has 1 aromatic heterocycles. The molecule has 5 heteroatoms. The van der Waals surface area contributed by atoms with Crippen molar-refractivity contribution in [1.82, 2.24) is 9.97 Å². The molecule has 3 aromatic rings. The van der Waals surface area contributed by atoms with Crippen molar-refractivity contribution in [1.29, 1.82) is 0 Å². The van der Waals surface area contributed by atoms with Gasteiger partial charge < -0.3 is 10.6 Å². The van der Waals surface area contributed by atoms with E-state index < -0.39 is 0 Å². The van der Waals surface area contributed by atoms with Gasteiger partial charge in [0.2, 0.25) is 0 Å². The van der Waals surface area contributed by atoms with Gasteiger partial charge in [0, 0.05) is 28.7 Å². The summed E-state index contributed by atoms with van der Waals surface area (Å²) >= 11 is 0. The third-order valence-corrected chi connectivity index (χ3v) is 4.83. The van der Waals surface area contributed by atoms with Crippen molar-refractivity contribution in [2.75, 3.05) is 10.6 Å². The molecule has 0 saturated heterocycles. The Kier molecular flexibility index (Phi) is 5.97. The fraction of sp³-hybridized carbons (Fsp3) is 0.292. The van der Waals surface area contributed by atoms with E-state index in [1.807, 2.05) is 55.5 Å². The van der Waals surface area contributed by atoms with E-state index in [0.29, 0.717) is 5.56 Å². The second kappa shape index (κ2) is 8.43. The van der Waals surface area contributed by atoms with Gasteiger partial charge in [-0.1, -0.05) is 45.9 Å². The Labute approximate surface area is 172 Å². The molecule has 0 saturated carbocycles. The molecule has 2 aromatic carbocycles. The lowest BCUT2D eigenvalue weighted by atomic mass is 9.86. The van der Waals surface area contributed by atoms with E-state index in [0.717, 1.165) is 34.9 Å². The van der Waals surface area contributed by atoms with Crippen LogP contribution < -0.4 is 10.6 Å². The van der Waals surface area contributed by atoms with E-state index in [4.69, 9.17) is 0 Å². The summed E-state index contributed by atoms with van der Waals surface area (Å²) in [5.74, 6) is 0.604. The van der Waals surface area contributed by atoms with Crippen molar-refractivity contribution in [2.45, 2.75) is 46.5 Å². The summed E-state index contributed by atoms with van der Waals surface area (Å²) < 4.78 is 0. The Morgan fingerprint density at radius 3 is 2.34 bits per heavy atom. The zero-order valence-corrected chi connectivity index (χ0v) is 17.7. The predicted octanol–water partition coefficient (Wildman–Crippen LogP) is 5.64. The molecule has 0 radical (unpaired) electrons. The van der Waals surface area contributed by atoms with Gasteiger partial charge in [0.25, 0.3) is 5.91 Å². The Morgan fingerprint density at radius 1 is 1.00 bits per heavy atom. The van der Waals surface area contributed by atoms with Crippen LogP contribution in [0.5, 0.6) is 0 Å². The number of amides is 1. The largest absolute Gasteiger partial charge is 0.340 e. The zero-order chi connectivity index (χ0) is 21.0. The summed E-state index contributed by atoms with van der Waals surface area (Å²) in [6, 6.07) is 15.6. The maximum absolute atomic E-state index is 12.8. The molecule has 0 spiro atoms. The molecule has 150 valence electrons. The fourth-order valence-electron chi connectivity index (χ4n) is 3.07. The molecule has 0 bridgehead atoms. The Bertz CT molecular complexity index is 1000. The normalized spacial score (nSPS) is 11.2. The lowest BCUT2D eigenvalue weighted by Gasteiger charge is -2.19. The summed E-state index contributed by atoms with van der Waals surface area (Å²) in [7, 11) is 0. The lowest BCUT2D eigenvalue weighted by molar-refractivity contribution is 0.102. The summed E-state index contributed by atoms with van der Waals surface area (Å²) in [6.07, 6.45) is 2.35. The second-order valence-electron chi connectivity index (χ2n) is 8.18. The van der Waals surface area contributed by atoms with Crippen LogP contribution in [0, 0.1) is 6.92 Å². The Hall–Kier alpha value is -3.21. The predicted molar refractivity (Wildman–Crippen MR) is 119 cm³/mol. The third kappa shape index (κ3) is 5.19. The topological polar surface area (TPSA) is 66.9 Å². The number of anilines is 3. The summed E-state index contributed by atoms with van der Waals surface area (Å²) in [5, 5.41) is 6.33. The molecule has 0 atom stereocenters. The van der Waals surface area contributed by atoms with Crippen molar-refractivity contribution in [3.8, 4) is 0 Å². The molecule has 0 aliphatic rings. The first kappa shape index (κ1) is 20.5. The van der Waals surface area contributed by atoms with Crippen LogP contribution in [0.2, 0.25) is 0 Å². The first-order chi connectivity index (χ1) is 13.8. The summed E-state index contributed by atoms with van der Waals surface area (Å²) in [6.45, 7) is 10.5. The standard InChI is InChI=1S/C24H28N4O/c1-6-17-9-12-20(27-22-13-16(2)25-15-26-22)14-21(17)28-23(29)18-7-10-19(11-8-18)24(3,4)5/h7-15H,6H2,1-5H3,(H,28,29)(H,25,26,27). The zero-order valence-electron chi connectivity index (χ0n) is 17.7. The van der Waals surface area contributed by atoms with Crippen LogP contribution in [0.25, 0.3) is 0 Å². The van der Waals surface area contributed by atoms with Crippen LogP contribution in [0.4, 0.5) is 17.2 Å². The molecule has 0 fully saturated rings. The first-order valence-corrected chi connectivity index (χ1v) is 9.87. The number of carbonyl (C=O) groups is 1. The van der Waals surface area contributed by atoms with Crippen LogP contribution in [0.3, 0.4) is 0 Å². The summed E-state index contributed by atoms with van der Waals surface area (Å²) in [4.78, 5) is 21.2. The van der Waals surface area contributed by atoms with Crippen LogP contribution in [0.1, 0.15) is 54.9 Å². The second-order valence-corrected chi connectivity index (χ2v) is 8.18. The average Bonchev–Trinajstić information content (AvgIpc) is 2.68. The number of aromatic nitrogens is 2. The highest BCUT2D eigenvalue weighted by Crippen LogP contribution is 2.26. The Balaban J connectivity index is 1.81. The number of rotatable bonds is 5. The molecule has 2 N–H and O–H groups in total. The summed E-state index contributed by atoms with van der Waals surface area (Å²) in [5.41, 5.74) is 5.53. The van der Waals surface area contributed by atoms with Crippen LogP contribution in [-0.4, -0.2) is 15.9 Å². The minimum absolute atomic E-state index is 0.0593. The first-order valence-electron chi connectivity index (χ1n) is 9.87. The van der Waals surface area contributed by atoms with Gasteiger partial charge in [-0.15, -0.1) is 0 Å². The molecule has 0 aliphatic carbocycles. The van der Waals surface area contributed by atoms with Gasteiger partial charge >= 0.3 is 0 Å². The van der Waals surface area contributed by atoms with E-state index in [-0.39, 0.29) is 11.3 Å². The highest BCUT2D eigenvalue weighted by molar-refractivity contribution is 6.05. The van der Waals surface area contributed by atoms with E-state index in [1.165, 1.54) is 11.9 Å². The van der Waals surface area contributed by atoms with Gasteiger partial charge in [-0.3, -0.25) is 4.79 Å². The van der Waals surface area contributed by atoms with Crippen LogP contribution in [0.15, 0.2) is 54.9 Å². The maximum atomic E-state index is 12.8. The van der Waals surface area contributed by atoms with Crippen molar-refractivity contribution in [3.05, 3.63) is 77.2 Å². The molecule has 29 heavy (non-hydrogen) atoms. The fourth-order valence-corrected chi connectivity index (χ4v) is 3.07. The molecule has 1 heterocycles. The van der Waals surface area contributed by atoms with Crippen molar-refractivity contribution in [2.24, 2.45) is 0 Å². The average molecular weight is 389 g/mol. The quantitative estimate of drug-likeness (QED) is 0.593. The number of hydrogen-bond donors (Lipinski definition) is 2. The van der Waals surface area contributed by atoms with E-state index in [9.17, 15) is 4.79 Å². The highest BCUT2D eigenvalue weighted by atomic mass is 16.1. The number of carbonyl (C=O) groups excluding carboxylic acids is 1. The third-order valence-electron chi connectivity index (χ3n) is 4.83. The molecule has 5 nitrogen and oxygen atoms in total. The molecular weight excluding hydrogens is 360 g/mol.